The number of hydrogen-bond donors (Lipinski definition) is 1. The van der Waals surface area contributed by atoms with Crippen LogP contribution in [0.1, 0.15) is 12.1 Å². The van der Waals surface area contributed by atoms with Crippen LogP contribution >= 0.6 is 0 Å². The van der Waals surface area contributed by atoms with Crippen molar-refractivity contribution in [3.63, 3.8) is 0 Å². The van der Waals surface area contributed by atoms with E-state index in [1.165, 1.54) is 0 Å². The molecule has 1 N–H and O–H groups in total. The number of anilines is 1. The van der Waals surface area contributed by atoms with Crippen LogP contribution in [-0.4, -0.2) is 32.4 Å². The quantitative estimate of drug-likeness (QED) is 0.811. The van der Waals surface area contributed by atoms with Crippen molar-refractivity contribution in [2.24, 2.45) is 0 Å². The maximum Gasteiger partial charge on any atom is 0.121 e. The van der Waals surface area contributed by atoms with Gasteiger partial charge in [0.1, 0.15) is 5.75 Å². The Morgan fingerprint density at radius 3 is 2.79 bits per heavy atom. The summed E-state index contributed by atoms with van der Waals surface area (Å²) in [6.07, 6.45) is 0.982. The lowest BCUT2D eigenvalue weighted by Gasteiger charge is -2.11. The van der Waals surface area contributed by atoms with Crippen LogP contribution in [0.25, 0.3) is 10.9 Å². The van der Waals surface area contributed by atoms with Crippen molar-refractivity contribution in [3.05, 3.63) is 30.0 Å². The molecule has 102 valence electrons. The molecule has 0 fully saturated rings. The predicted octanol–water partition coefficient (Wildman–Crippen LogP) is 3.00. The lowest BCUT2D eigenvalue weighted by molar-refractivity contribution is 0.198. The lowest BCUT2D eigenvalue weighted by atomic mass is 10.1. The second kappa shape index (κ2) is 6.38. The number of fused-ring (bicyclic) bond motifs is 1. The van der Waals surface area contributed by atoms with Crippen LogP contribution in [0.15, 0.2) is 24.3 Å². The molecule has 4 heteroatoms. The number of nitrogens with zero attached hydrogens (tertiary/aromatic N) is 1. The van der Waals surface area contributed by atoms with Crippen LogP contribution in [0.5, 0.6) is 5.75 Å². The minimum atomic E-state index is 0.767. The van der Waals surface area contributed by atoms with Crippen LogP contribution in [0, 0.1) is 6.92 Å². The highest BCUT2D eigenvalue weighted by atomic mass is 16.5. The molecule has 0 aliphatic heterocycles. The number of methoxy groups -OCH3 is 2. The predicted molar refractivity (Wildman–Crippen MR) is 78.0 cm³/mol. The molecule has 1 aromatic heterocycles. The molecule has 2 rings (SSSR count). The van der Waals surface area contributed by atoms with E-state index in [2.05, 4.69) is 16.4 Å². The number of aryl methyl sites for hydroxylation is 1. The van der Waals surface area contributed by atoms with Crippen molar-refractivity contribution in [2.45, 2.75) is 13.3 Å². The van der Waals surface area contributed by atoms with Crippen LogP contribution in [-0.2, 0) is 4.74 Å². The van der Waals surface area contributed by atoms with Gasteiger partial charge in [-0.3, -0.25) is 4.98 Å². The molecule has 0 aliphatic rings. The van der Waals surface area contributed by atoms with Gasteiger partial charge in [0.25, 0.3) is 0 Å². The number of ether oxygens (including phenoxy) is 2. The van der Waals surface area contributed by atoms with Gasteiger partial charge in [-0.05, 0) is 31.5 Å². The number of aromatic nitrogens is 1. The zero-order valence-corrected chi connectivity index (χ0v) is 11.7. The summed E-state index contributed by atoms with van der Waals surface area (Å²) in [5.41, 5.74) is 3.06. The fraction of sp³-hybridized carbons (Fsp3) is 0.400. The Morgan fingerprint density at radius 2 is 2.05 bits per heavy atom. The average molecular weight is 260 g/mol. The largest absolute Gasteiger partial charge is 0.497 e. The molecule has 0 bridgehead atoms. The topological polar surface area (TPSA) is 43.4 Å². The van der Waals surface area contributed by atoms with Crippen molar-refractivity contribution in [3.8, 4) is 5.75 Å². The molecule has 0 saturated heterocycles. The summed E-state index contributed by atoms with van der Waals surface area (Å²) in [5.74, 6) is 0.830. The SMILES string of the molecule is COCCCNc1cc(C)nc2cc(OC)ccc12. The average Bonchev–Trinajstić information content (AvgIpc) is 2.42. The van der Waals surface area contributed by atoms with E-state index >= 15 is 0 Å². The van der Waals surface area contributed by atoms with E-state index in [4.69, 9.17) is 9.47 Å². The molecule has 0 aliphatic carbocycles. The highest BCUT2D eigenvalue weighted by Crippen LogP contribution is 2.26. The molecule has 19 heavy (non-hydrogen) atoms. The summed E-state index contributed by atoms with van der Waals surface area (Å²) in [6.45, 7) is 3.65. The van der Waals surface area contributed by atoms with Gasteiger partial charge >= 0.3 is 0 Å². The van der Waals surface area contributed by atoms with Crippen molar-refractivity contribution in [2.75, 3.05) is 32.7 Å². The number of nitrogens with one attached hydrogen (secondary N) is 1. The maximum atomic E-state index is 5.24. The molecule has 0 amide bonds. The highest BCUT2D eigenvalue weighted by molar-refractivity contribution is 5.92. The molecule has 0 atom stereocenters. The van der Waals surface area contributed by atoms with Gasteiger partial charge in [0.2, 0.25) is 0 Å². The van der Waals surface area contributed by atoms with E-state index in [0.29, 0.717) is 0 Å². The Bertz CT molecular complexity index is 555. The van der Waals surface area contributed by atoms with Crippen molar-refractivity contribution in [1.29, 1.82) is 0 Å². The first-order valence-corrected chi connectivity index (χ1v) is 6.43. The third-order valence-electron chi connectivity index (χ3n) is 2.99. The third kappa shape index (κ3) is 3.35. The summed E-state index contributed by atoms with van der Waals surface area (Å²) < 4.78 is 10.3. The Labute approximate surface area is 113 Å². The third-order valence-corrected chi connectivity index (χ3v) is 2.99. The number of benzene rings is 1. The number of pyridine rings is 1. The van der Waals surface area contributed by atoms with Gasteiger partial charge in [-0.15, -0.1) is 0 Å². The van der Waals surface area contributed by atoms with Gasteiger partial charge in [0.15, 0.2) is 0 Å². The van der Waals surface area contributed by atoms with E-state index in [0.717, 1.165) is 47.6 Å². The Kier molecular flexibility index (Phi) is 4.58. The van der Waals surface area contributed by atoms with Gasteiger partial charge in [0, 0.05) is 43.1 Å². The van der Waals surface area contributed by atoms with Crippen molar-refractivity contribution >= 4 is 16.6 Å². The van der Waals surface area contributed by atoms with Gasteiger partial charge in [0.05, 0.1) is 12.6 Å². The molecule has 1 heterocycles. The Hall–Kier alpha value is -1.81. The van der Waals surface area contributed by atoms with Crippen LogP contribution in [0.3, 0.4) is 0 Å². The molecule has 0 unspecified atom stereocenters. The fourth-order valence-corrected chi connectivity index (χ4v) is 2.05. The molecule has 4 nitrogen and oxygen atoms in total. The maximum absolute atomic E-state index is 5.24. The summed E-state index contributed by atoms with van der Waals surface area (Å²) in [4.78, 5) is 4.54. The van der Waals surface area contributed by atoms with Crippen LogP contribution in [0.2, 0.25) is 0 Å². The van der Waals surface area contributed by atoms with E-state index in [-0.39, 0.29) is 0 Å². The van der Waals surface area contributed by atoms with Gasteiger partial charge in [-0.2, -0.15) is 0 Å². The molecular formula is C15H20N2O2. The summed E-state index contributed by atoms with van der Waals surface area (Å²) in [5, 5.41) is 4.55. The second-order valence-corrected chi connectivity index (χ2v) is 4.47. The van der Waals surface area contributed by atoms with Gasteiger partial charge in [-0.25, -0.2) is 0 Å². The van der Waals surface area contributed by atoms with E-state index in [9.17, 15) is 0 Å². The molecular weight excluding hydrogens is 240 g/mol. The zero-order valence-electron chi connectivity index (χ0n) is 11.7. The first-order valence-electron chi connectivity index (χ1n) is 6.43. The smallest absolute Gasteiger partial charge is 0.121 e. The Morgan fingerprint density at radius 1 is 1.21 bits per heavy atom. The lowest BCUT2D eigenvalue weighted by Crippen LogP contribution is -2.05. The number of hydrogen-bond acceptors (Lipinski definition) is 4. The van der Waals surface area contributed by atoms with Crippen LogP contribution < -0.4 is 10.1 Å². The fourth-order valence-electron chi connectivity index (χ4n) is 2.05. The summed E-state index contributed by atoms with van der Waals surface area (Å²) in [7, 11) is 3.39. The first kappa shape index (κ1) is 13.6. The van der Waals surface area contributed by atoms with E-state index in [1.54, 1.807) is 14.2 Å². The standard InChI is InChI=1S/C15H20N2O2/c1-11-9-14(16-7-4-8-18-2)13-6-5-12(19-3)10-15(13)17-11/h5-6,9-10H,4,7-8H2,1-3H3,(H,16,17). The van der Waals surface area contributed by atoms with Gasteiger partial charge < -0.3 is 14.8 Å². The first-order chi connectivity index (χ1) is 9.24. The number of rotatable bonds is 6. The summed E-state index contributed by atoms with van der Waals surface area (Å²) >= 11 is 0. The molecule has 1 aromatic carbocycles. The van der Waals surface area contributed by atoms with E-state index in [1.807, 2.05) is 25.1 Å². The van der Waals surface area contributed by atoms with Crippen LogP contribution in [0.4, 0.5) is 5.69 Å². The van der Waals surface area contributed by atoms with Crippen molar-refractivity contribution in [1.82, 2.24) is 4.98 Å². The molecule has 0 saturated carbocycles. The van der Waals surface area contributed by atoms with Crippen molar-refractivity contribution < 1.29 is 9.47 Å². The zero-order chi connectivity index (χ0) is 13.7. The highest BCUT2D eigenvalue weighted by Gasteiger charge is 2.05. The summed E-state index contributed by atoms with van der Waals surface area (Å²) in [6, 6.07) is 8.03. The normalized spacial score (nSPS) is 10.7. The second-order valence-electron chi connectivity index (χ2n) is 4.47. The molecule has 2 aromatic rings. The Balaban J connectivity index is 2.26. The van der Waals surface area contributed by atoms with E-state index < -0.39 is 0 Å². The minimum Gasteiger partial charge on any atom is -0.497 e. The minimum absolute atomic E-state index is 0.767. The van der Waals surface area contributed by atoms with Gasteiger partial charge in [-0.1, -0.05) is 0 Å². The molecule has 0 radical (unpaired) electrons. The molecule has 0 spiro atoms. The monoisotopic (exact) mass is 260 g/mol.